The molecule has 0 heterocycles. The van der Waals surface area contributed by atoms with Crippen molar-refractivity contribution in [3.8, 4) is 0 Å². The van der Waals surface area contributed by atoms with Crippen molar-refractivity contribution in [2.45, 2.75) is 43.5 Å². The van der Waals surface area contributed by atoms with Crippen LogP contribution in [0.25, 0.3) is 0 Å². The summed E-state index contributed by atoms with van der Waals surface area (Å²) in [4.78, 5) is 12.8. The third-order valence-electron chi connectivity index (χ3n) is 5.99. The fraction of sp³-hybridized carbons (Fsp3) is 0.387. The maximum Gasteiger partial charge on any atom is 0.407 e. The van der Waals surface area contributed by atoms with Crippen LogP contribution in [0.4, 0.5) is 4.79 Å². The minimum Gasteiger partial charge on any atom is -0.444 e. The van der Waals surface area contributed by atoms with Gasteiger partial charge in [-0.25, -0.2) is 4.79 Å². The second-order valence-corrected chi connectivity index (χ2v) is 11.2. The van der Waals surface area contributed by atoms with Crippen LogP contribution in [0.5, 0.6) is 0 Å². The van der Waals surface area contributed by atoms with Crippen LogP contribution in [0.15, 0.2) is 91.0 Å². The van der Waals surface area contributed by atoms with Gasteiger partial charge in [-0.05, 0) is 37.5 Å². The average Bonchev–Trinajstić information content (AvgIpc) is 2.92. The normalized spacial score (nSPS) is 12.8. The predicted molar refractivity (Wildman–Crippen MR) is 155 cm³/mol. The second-order valence-electron chi connectivity index (χ2n) is 9.99. The van der Waals surface area contributed by atoms with Crippen LogP contribution in [0.1, 0.15) is 37.5 Å². The van der Waals surface area contributed by atoms with E-state index in [1.54, 1.807) is 26.0 Å². The van der Waals surface area contributed by atoms with Crippen molar-refractivity contribution < 1.29 is 19.0 Å². The van der Waals surface area contributed by atoms with Crippen molar-refractivity contribution in [1.29, 1.82) is 0 Å². The van der Waals surface area contributed by atoms with Crippen molar-refractivity contribution >= 4 is 17.9 Å². The molecule has 0 spiro atoms. The molecule has 38 heavy (non-hydrogen) atoms. The Bertz CT molecular complexity index is 990. The van der Waals surface area contributed by atoms with E-state index in [4.69, 9.17) is 14.2 Å². The minimum absolute atomic E-state index is 0.222. The zero-order chi connectivity index (χ0) is 27.4. The van der Waals surface area contributed by atoms with Crippen LogP contribution in [-0.2, 0) is 19.0 Å². The number of hydrogen-bond donors (Lipinski definition) is 2. The average molecular weight is 537 g/mol. The molecule has 3 aromatic rings. The lowest BCUT2D eigenvalue weighted by atomic mass is 9.84. The summed E-state index contributed by atoms with van der Waals surface area (Å²) >= 11 is 1.79. The highest BCUT2D eigenvalue weighted by Crippen LogP contribution is 2.48. The van der Waals surface area contributed by atoms with E-state index >= 15 is 0 Å². The lowest BCUT2D eigenvalue weighted by Crippen LogP contribution is -2.47. The topological polar surface area (TPSA) is 68.8 Å². The van der Waals surface area contributed by atoms with E-state index in [0.717, 1.165) is 0 Å². The molecule has 7 heteroatoms. The van der Waals surface area contributed by atoms with Crippen molar-refractivity contribution in [1.82, 2.24) is 10.6 Å². The van der Waals surface area contributed by atoms with Gasteiger partial charge in [-0.2, -0.15) is 0 Å². The molecule has 204 valence electrons. The number of benzene rings is 3. The number of ether oxygens (including phenoxy) is 3. The summed E-state index contributed by atoms with van der Waals surface area (Å²) in [6.07, 6.45) is -0.813. The minimum atomic E-state index is -0.589. The fourth-order valence-electron chi connectivity index (χ4n) is 4.26. The molecular formula is C31H40N2O4S. The fourth-order valence-corrected chi connectivity index (χ4v) is 5.82. The van der Waals surface area contributed by atoms with E-state index < -0.39 is 16.4 Å². The van der Waals surface area contributed by atoms with E-state index in [1.807, 2.05) is 39.0 Å². The van der Waals surface area contributed by atoms with E-state index in [2.05, 4.69) is 83.4 Å². The molecule has 0 saturated heterocycles. The van der Waals surface area contributed by atoms with Gasteiger partial charge in [-0.3, -0.25) is 0 Å². The van der Waals surface area contributed by atoms with E-state index in [9.17, 15) is 4.79 Å². The Balaban J connectivity index is 1.95. The third-order valence-corrected chi connectivity index (χ3v) is 7.70. The lowest BCUT2D eigenvalue weighted by Gasteiger charge is -2.37. The van der Waals surface area contributed by atoms with E-state index in [-0.39, 0.29) is 12.3 Å². The van der Waals surface area contributed by atoms with Crippen LogP contribution >= 0.6 is 11.8 Å². The molecule has 3 aromatic carbocycles. The molecular weight excluding hydrogens is 496 g/mol. The highest BCUT2D eigenvalue weighted by atomic mass is 32.2. The molecule has 0 unspecified atom stereocenters. The van der Waals surface area contributed by atoms with Crippen molar-refractivity contribution in [3.05, 3.63) is 108 Å². The van der Waals surface area contributed by atoms with Gasteiger partial charge in [0.15, 0.2) is 6.29 Å². The zero-order valence-electron chi connectivity index (χ0n) is 23.0. The molecule has 0 aliphatic rings. The van der Waals surface area contributed by atoms with Gasteiger partial charge >= 0.3 is 6.09 Å². The predicted octanol–water partition coefficient (Wildman–Crippen LogP) is 5.81. The Morgan fingerprint density at radius 3 is 1.61 bits per heavy atom. The van der Waals surface area contributed by atoms with Gasteiger partial charge in [0.25, 0.3) is 0 Å². The molecule has 1 atom stereocenters. The number of carbonyl (C=O) groups is 1. The summed E-state index contributed by atoms with van der Waals surface area (Å²) in [7, 11) is 3.21. The number of hydrogen-bond acceptors (Lipinski definition) is 6. The molecule has 0 fully saturated rings. The Morgan fingerprint density at radius 1 is 0.763 bits per heavy atom. The number of carbonyl (C=O) groups excluding carboxylic acids is 1. The molecule has 0 aliphatic heterocycles. The molecule has 3 rings (SSSR count). The van der Waals surface area contributed by atoms with Crippen LogP contribution < -0.4 is 10.6 Å². The first kappa shape index (κ1) is 29.7. The molecule has 0 bridgehead atoms. The van der Waals surface area contributed by atoms with Crippen LogP contribution in [0.2, 0.25) is 0 Å². The largest absolute Gasteiger partial charge is 0.444 e. The summed E-state index contributed by atoms with van der Waals surface area (Å²) in [6, 6.07) is 31.3. The van der Waals surface area contributed by atoms with Gasteiger partial charge in [0.1, 0.15) is 5.60 Å². The number of methoxy groups -OCH3 is 2. The molecule has 0 saturated carbocycles. The molecule has 0 aromatic heterocycles. The lowest BCUT2D eigenvalue weighted by molar-refractivity contribution is -0.0987. The maximum absolute atomic E-state index is 12.8. The number of alkyl carbamates (subject to hydrolysis) is 1. The Labute approximate surface area is 231 Å². The van der Waals surface area contributed by atoms with Crippen molar-refractivity contribution in [2.24, 2.45) is 0 Å². The van der Waals surface area contributed by atoms with Gasteiger partial charge in [0, 0.05) is 33.1 Å². The maximum atomic E-state index is 12.8. The molecule has 6 nitrogen and oxygen atoms in total. The van der Waals surface area contributed by atoms with Gasteiger partial charge in [0.05, 0.1) is 10.8 Å². The summed E-state index contributed by atoms with van der Waals surface area (Å²) in [5.41, 5.74) is 2.93. The van der Waals surface area contributed by atoms with Gasteiger partial charge < -0.3 is 24.8 Å². The zero-order valence-corrected chi connectivity index (χ0v) is 23.8. The Hall–Kier alpha value is -2.84. The number of nitrogens with one attached hydrogen (secondary N) is 2. The summed E-state index contributed by atoms with van der Waals surface area (Å²) in [5.74, 6) is 0.621. The van der Waals surface area contributed by atoms with Crippen LogP contribution in [0, 0.1) is 0 Å². The second kappa shape index (κ2) is 14.4. The van der Waals surface area contributed by atoms with E-state index in [0.29, 0.717) is 18.8 Å². The first-order valence-corrected chi connectivity index (χ1v) is 13.8. The summed E-state index contributed by atoms with van der Waals surface area (Å²) in [5, 5.41) is 6.46. The third kappa shape index (κ3) is 8.33. The highest BCUT2D eigenvalue weighted by molar-refractivity contribution is 8.00. The summed E-state index contributed by atoms with van der Waals surface area (Å²) in [6.45, 7) is 6.60. The summed E-state index contributed by atoms with van der Waals surface area (Å²) < 4.78 is 15.7. The van der Waals surface area contributed by atoms with Crippen molar-refractivity contribution in [2.75, 3.05) is 33.1 Å². The van der Waals surface area contributed by atoms with Gasteiger partial charge in [-0.1, -0.05) is 91.0 Å². The smallest absolute Gasteiger partial charge is 0.407 e. The first-order chi connectivity index (χ1) is 18.3. The Morgan fingerprint density at radius 2 is 1.21 bits per heavy atom. The van der Waals surface area contributed by atoms with Gasteiger partial charge in [0.2, 0.25) is 0 Å². The van der Waals surface area contributed by atoms with Crippen LogP contribution in [-0.4, -0.2) is 57.1 Å². The van der Waals surface area contributed by atoms with Gasteiger partial charge in [-0.15, -0.1) is 11.8 Å². The molecule has 0 radical (unpaired) electrons. The number of rotatable bonds is 13. The highest BCUT2D eigenvalue weighted by Gasteiger charge is 2.37. The quantitative estimate of drug-likeness (QED) is 0.212. The monoisotopic (exact) mass is 536 g/mol. The first-order valence-electron chi connectivity index (χ1n) is 12.8. The molecule has 1 amide bonds. The number of thioether (sulfide) groups is 1. The van der Waals surface area contributed by atoms with Crippen LogP contribution in [0.3, 0.4) is 0 Å². The Kier molecular flexibility index (Phi) is 11.2. The molecule has 2 N–H and O–H groups in total. The van der Waals surface area contributed by atoms with E-state index in [1.165, 1.54) is 16.7 Å². The standard InChI is InChI=1S/C31H40N2O4S/c1-30(2,3)37-29(34)33-27(21-32-22-28(35-4)36-5)23-38-31(24-15-9-6-10-16-24,25-17-11-7-12-18-25)26-19-13-8-14-20-26/h6-20,27-28,32H,21-23H2,1-5H3,(H,33,34)/t27-/m0/s1. The molecule has 0 aliphatic carbocycles. The van der Waals surface area contributed by atoms with Crippen molar-refractivity contribution in [3.63, 3.8) is 0 Å². The number of amides is 1. The SMILES string of the molecule is COC(CNC[C@@H](CSC(c1ccccc1)(c1ccccc1)c1ccccc1)NC(=O)OC(C)(C)C)OC.